The second kappa shape index (κ2) is 8.26. The number of benzene rings is 2. The van der Waals surface area contributed by atoms with Gasteiger partial charge < -0.3 is 15.4 Å². The predicted octanol–water partition coefficient (Wildman–Crippen LogP) is 3.87. The Bertz CT molecular complexity index is 1040. The number of methoxy groups -OCH3 is 1. The lowest BCUT2D eigenvalue weighted by molar-refractivity contribution is 0.102. The number of nitrogens with one attached hydrogen (secondary N) is 2. The molecular weight excluding hydrogens is 368 g/mol. The number of anilines is 2. The Labute approximate surface area is 159 Å². The molecule has 1 heterocycles. The van der Waals surface area contributed by atoms with Crippen LogP contribution in [0.5, 0.6) is 5.75 Å². The molecule has 0 spiro atoms. The fraction of sp³-hybridized carbons (Fsp3) is 0.0500. The van der Waals surface area contributed by atoms with Gasteiger partial charge in [-0.25, -0.2) is 8.78 Å². The highest BCUT2D eigenvalue weighted by Gasteiger charge is 2.13. The van der Waals surface area contributed by atoms with Crippen LogP contribution in [0.3, 0.4) is 0 Å². The number of carbonyl (C=O) groups is 2. The van der Waals surface area contributed by atoms with Crippen molar-refractivity contribution in [3.63, 3.8) is 0 Å². The molecule has 2 aromatic carbocycles. The molecule has 2 amide bonds. The standard InChI is InChI=1S/C20H15F2N3O3/c1-28-15-4-2-3-13(10-15)24-19(26)12-7-8-23-18(9-12)20(27)25-14-5-6-16(21)17(22)11-14/h2-11H,1H3,(H,24,26)(H,25,27). The van der Waals surface area contributed by atoms with Gasteiger partial charge in [-0.2, -0.15) is 0 Å². The monoisotopic (exact) mass is 383 g/mol. The second-order valence-corrected chi connectivity index (χ2v) is 5.70. The number of aromatic nitrogens is 1. The normalized spacial score (nSPS) is 10.2. The van der Waals surface area contributed by atoms with Crippen LogP contribution in [0.1, 0.15) is 20.8 Å². The molecule has 6 nitrogen and oxygen atoms in total. The fourth-order valence-corrected chi connectivity index (χ4v) is 2.37. The number of amides is 2. The molecule has 3 rings (SSSR count). The summed E-state index contributed by atoms with van der Waals surface area (Å²) in [6.45, 7) is 0. The number of hydrogen-bond donors (Lipinski definition) is 2. The van der Waals surface area contributed by atoms with Crippen LogP contribution in [0.15, 0.2) is 60.8 Å². The van der Waals surface area contributed by atoms with Gasteiger partial charge in [0.05, 0.1) is 7.11 Å². The molecular formula is C20H15F2N3O3. The molecule has 0 bridgehead atoms. The molecule has 142 valence electrons. The van der Waals surface area contributed by atoms with Gasteiger partial charge in [-0.1, -0.05) is 6.07 Å². The third-order valence-corrected chi connectivity index (χ3v) is 3.76. The summed E-state index contributed by atoms with van der Waals surface area (Å²) in [7, 11) is 1.52. The third-order valence-electron chi connectivity index (χ3n) is 3.76. The van der Waals surface area contributed by atoms with Crippen molar-refractivity contribution in [3.8, 4) is 5.75 Å². The Kier molecular flexibility index (Phi) is 5.59. The first-order valence-electron chi connectivity index (χ1n) is 8.14. The first kappa shape index (κ1) is 19.0. The van der Waals surface area contributed by atoms with Crippen molar-refractivity contribution < 1.29 is 23.1 Å². The molecule has 0 fully saturated rings. The van der Waals surface area contributed by atoms with Gasteiger partial charge in [0.2, 0.25) is 0 Å². The number of pyridine rings is 1. The Balaban J connectivity index is 1.74. The van der Waals surface area contributed by atoms with Gasteiger partial charge in [-0.05, 0) is 36.4 Å². The molecule has 2 N–H and O–H groups in total. The summed E-state index contributed by atoms with van der Waals surface area (Å²) in [5.41, 5.74) is 0.738. The van der Waals surface area contributed by atoms with Crippen LogP contribution in [0.25, 0.3) is 0 Å². The number of nitrogens with zero attached hydrogens (tertiary/aromatic N) is 1. The SMILES string of the molecule is COc1cccc(NC(=O)c2ccnc(C(=O)Nc3ccc(F)c(F)c3)c2)c1. The van der Waals surface area contributed by atoms with E-state index in [0.29, 0.717) is 11.4 Å². The quantitative estimate of drug-likeness (QED) is 0.701. The van der Waals surface area contributed by atoms with Gasteiger partial charge in [-0.3, -0.25) is 14.6 Å². The Morgan fingerprint density at radius 3 is 2.39 bits per heavy atom. The van der Waals surface area contributed by atoms with Crippen molar-refractivity contribution in [1.82, 2.24) is 4.98 Å². The van der Waals surface area contributed by atoms with Crippen LogP contribution in [0.2, 0.25) is 0 Å². The van der Waals surface area contributed by atoms with Crippen LogP contribution in [0, 0.1) is 11.6 Å². The maximum absolute atomic E-state index is 13.3. The highest BCUT2D eigenvalue weighted by molar-refractivity contribution is 6.07. The Morgan fingerprint density at radius 1 is 0.893 bits per heavy atom. The van der Waals surface area contributed by atoms with E-state index in [1.165, 1.54) is 31.5 Å². The molecule has 0 saturated heterocycles. The number of halogens is 2. The largest absolute Gasteiger partial charge is 0.497 e. The van der Waals surface area contributed by atoms with Crippen LogP contribution in [0.4, 0.5) is 20.2 Å². The van der Waals surface area contributed by atoms with E-state index in [4.69, 9.17) is 4.74 Å². The predicted molar refractivity (Wildman–Crippen MR) is 99.5 cm³/mol. The van der Waals surface area contributed by atoms with Gasteiger partial charge in [0.25, 0.3) is 11.8 Å². The first-order chi connectivity index (χ1) is 13.5. The molecule has 0 saturated carbocycles. The van der Waals surface area contributed by atoms with E-state index in [0.717, 1.165) is 12.1 Å². The smallest absolute Gasteiger partial charge is 0.274 e. The van der Waals surface area contributed by atoms with E-state index in [-0.39, 0.29) is 16.9 Å². The van der Waals surface area contributed by atoms with Crippen molar-refractivity contribution in [2.45, 2.75) is 0 Å². The number of hydrogen-bond acceptors (Lipinski definition) is 4. The van der Waals surface area contributed by atoms with E-state index >= 15 is 0 Å². The highest BCUT2D eigenvalue weighted by atomic mass is 19.2. The minimum absolute atomic E-state index is 0.0528. The molecule has 3 aromatic rings. The number of ether oxygens (including phenoxy) is 1. The van der Waals surface area contributed by atoms with Crippen LogP contribution in [-0.2, 0) is 0 Å². The summed E-state index contributed by atoms with van der Waals surface area (Å²) in [5, 5.41) is 5.09. The molecule has 0 radical (unpaired) electrons. The van der Waals surface area contributed by atoms with Crippen LogP contribution in [-0.4, -0.2) is 23.9 Å². The maximum Gasteiger partial charge on any atom is 0.274 e. The van der Waals surface area contributed by atoms with Crippen molar-refractivity contribution in [1.29, 1.82) is 0 Å². The van der Waals surface area contributed by atoms with Gasteiger partial charge in [0.1, 0.15) is 11.4 Å². The summed E-state index contributed by atoms with van der Waals surface area (Å²) in [6.07, 6.45) is 1.31. The van der Waals surface area contributed by atoms with Crippen molar-refractivity contribution >= 4 is 23.2 Å². The zero-order valence-electron chi connectivity index (χ0n) is 14.7. The van der Waals surface area contributed by atoms with Crippen molar-refractivity contribution in [2.24, 2.45) is 0 Å². The van der Waals surface area contributed by atoms with Crippen LogP contribution >= 0.6 is 0 Å². The third kappa shape index (κ3) is 4.47. The lowest BCUT2D eigenvalue weighted by atomic mass is 10.2. The first-order valence-corrected chi connectivity index (χ1v) is 8.14. The van der Waals surface area contributed by atoms with Gasteiger partial charge in [0.15, 0.2) is 11.6 Å². The Morgan fingerprint density at radius 2 is 1.64 bits per heavy atom. The fourth-order valence-electron chi connectivity index (χ4n) is 2.37. The van der Waals surface area contributed by atoms with E-state index in [2.05, 4.69) is 15.6 Å². The van der Waals surface area contributed by atoms with E-state index in [1.54, 1.807) is 24.3 Å². The average molecular weight is 383 g/mol. The molecule has 0 aliphatic carbocycles. The lowest BCUT2D eigenvalue weighted by Gasteiger charge is -2.08. The average Bonchev–Trinajstić information content (AvgIpc) is 2.71. The molecule has 1 aromatic heterocycles. The lowest BCUT2D eigenvalue weighted by Crippen LogP contribution is -2.17. The summed E-state index contributed by atoms with van der Waals surface area (Å²) in [5.74, 6) is -2.64. The number of carbonyl (C=O) groups excluding carboxylic acids is 2. The van der Waals surface area contributed by atoms with Gasteiger partial charge in [0, 0.05) is 35.3 Å². The maximum atomic E-state index is 13.3. The highest BCUT2D eigenvalue weighted by Crippen LogP contribution is 2.18. The van der Waals surface area contributed by atoms with Crippen molar-refractivity contribution in [2.75, 3.05) is 17.7 Å². The van der Waals surface area contributed by atoms with E-state index in [9.17, 15) is 18.4 Å². The number of rotatable bonds is 5. The molecule has 0 unspecified atom stereocenters. The Hall–Kier alpha value is -3.81. The van der Waals surface area contributed by atoms with E-state index in [1.807, 2.05) is 0 Å². The summed E-state index contributed by atoms with van der Waals surface area (Å²) in [4.78, 5) is 28.6. The van der Waals surface area contributed by atoms with Gasteiger partial charge >= 0.3 is 0 Å². The zero-order chi connectivity index (χ0) is 20.1. The molecule has 28 heavy (non-hydrogen) atoms. The molecule has 8 heteroatoms. The molecule has 0 atom stereocenters. The summed E-state index contributed by atoms with van der Waals surface area (Å²) >= 11 is 0. The molecule has 0 aliphatic rings. The minimum Gasteiger partial charge on any atom is -0.497 e. The van der Waals surface area contributed by atoms with E-state index < -0.39 is 23.4 Å². The zero-order valence-corrected chi connectivity index (χ0v) is 14.7. The summed E-state index contributed by atoms with van der Waals surface area (Å²) in [6, 6.07) is 12.5. The topological polar surface area (TPSA) is 80.3 Å². The van der Waals surface area contributed by atoms with Crippen molar-refractivity contribution in [3.05, 3.63) is 83.7 Å². The minimum atomic E-state index is -1.09. The van der Waals surface area contributed by atoms with Gasteiger partial charge in [-0.15, -0.1) is 0 Å². The second-order valence-electron chi connectivity index (χ2n) is 5.70. The molecule has 0 aliphatic heterocycles. The summed E-state index contributed by atoms with van der Waals surface area (Å²) < 4.78 is 31.3. The van der Waals surface area contributed by atoms with Crippen LogP contribution < -0.4 is 15.4 Å².